The molecular weight excluding hydrogens is 434 g/mol. The van der Waals surface area contributed by atoms with Gasteiger partial charge in [-0.15, -0.1) is 0 Å². The highest BCUT2D eigenvalue weighted by Crippen LogP contribution is 2.28. The van der Waals surface area contributed by atoms with Crippen molar-refractivity contribution in [1.82, 2.24) is 14.9 Å². The van der Waals surface area contributed by atoms with Crippen molar-refractivity contribution >= 4 is 27.9 Å². The topological polar surface area (TPSA) is 122 Å². The molecule has 1 fully saturated rings. The van der Waals surface area contributed by atoms with E-state index in [-0.39, 0.29) is 16.4 Å². The van der Waals surface area contributed by atoms with Crippen molar-refractivity contribution in [3.8, 4) is 0 Å². The molecule has 1 aromatic rings. The summed E-state index contributed by atoms with van der Waals surface area (Å²) >= 11 is 0. The fourth-order valence-corrected chi connectivity index (χ4v) is 5.09. The molecule has 0 bridgehead atoms. The lowest BCUT2D eigenvalue weighted by molar-refractivity contribution is -0.123. The van der Waals surface area contributed by atoms with Crippen molar-refractivity contribution in [2.24, 2.45) is 11.8 Å². The Morgan fingerprint density at radius 2 is 1.78 bits per heavy atom. The van der Waals surface area contributed by atoms with Crippen LogP contribution in [0.2, 0.25) is 0 Å². The Balaban J connectivity index is 2.09. The lowest BCUT2D eigenvalue weighted by atomic mass is 10.0. The molecule has 2 N–H and O–H groups in total. The van der Waals surface area contributed by atoms with Gasteiger partial charge in [-0.05, 0) is 61.8 Å². The molecule has 32 heavy (non-hydrogen) atoms. The summed E-state index contributed by atoms with van der Waals surface area (Å²) in [6.07, 6.45) is 1.58. The number of carbonyl (C=O) groups excluding carboxylic acids is 3. The molecule has 1 heterocycles. The highest BCUT2D eigenvalue weighted by Gasteiger charge is 2.30. The number of hydrogen-bond donors (Lipinski definition) is 2. The Kier molecular flexibility index (Phi) is 8.80. The monoisotopic (exact) mass is 467 g/mol. The van der Waals surface area contributed by atoms with Gasteiger partial charge in [-0.1, -0.05) is 20.8 Å². The maximum Gasteiger partial charge on any atom is 0.338 e. The Labute approximate surface area is 189 Å². The smallest absolute Gasteiger partial charge is 0.338 e. The first-order valence-electron chi connectivity index (χ1n) is 10.8. The van der Waals surface area contributed by atoms with E-state index in [2.05, 4.69) is 17.6 Å². The third kappa shape index (κ3) is 6.77. The first kappa shape index (κ1) is 25.8. The van der Waals surface area contributed by atoms with E-state index in [0.717, 1.165) is 12.8 Å². The van der Waals surface area contributed by atoms with Gasteiger partial charge in [0.15, 0.2) is 6.61 Å². The summed E-state index contributed by atoms with van der Waals surface area (Å²) in [5.74, 6) is -0.922. The van der Waals surface area contributed by atoms with Crippen LogP contribution >= 0.6 is 0 Å². The van der Waals surface area contributed by atoms with E-state index >= 15 is 0 Å². The SMILES string of the molecule is Cc1cc(C(=O)OCC(=O)NC(=O)NCC(C)C)cc(S(=O)(=O)N2CCC(C)CC2)c1C. The molecule has 0 aliphatic carbocycles. The van der Waals surface area contributed by atoms with Crippen molar-refractivity contribution in [3.63, 3.8) is 0 Å². The van der Waals surface area contributed by atoms with Crippen LogP contribution in [-0.2, 0) is 19.6 Å². The molecule has 0 radical (unpaired) electrons. The van der Waals surface area contributed by atoms with Gasteiger partial charge in [0.25, 0.3) is 5.91 Å². The Hall–Kier alpha value is -2.46. The molecule has 1 aromatic carbocycles. The van der Waals surface area contributed by atoms with E-state index in [1.165, 1.54) is 16.4 Å². The molecule has 1 aliphatic heterocycles. The van der Waals surface area contributed by atoms with E-state index < -0.39 is 34.5 Å². The maximum absolute atomic E-state index is 13.2. The van der Waals surface area contributed by atoms with Crippen molar-refractivity contribution in [2.45, 2.75) is 52.4 Å². The minimum Gasteiger partial charge on any atom is -0.452 e. The summed E-state index contributed by atoms with van der Waals surface area (Å²) in [5.41, 5.74) is 1.23. The Morgan fingerprint density at radius 3 is 2.38 bits per heavy atom. The van der Waals surface area contributed by atoms with Crippen molar-refractivity contribution in [2.75, 3.05) is 26.2 Å². The number of nitrogens with zero attached hydrogens (tertiary/aromatic N) is 1. The molecule has 178 valence electrons. The van der Waals surface area contributed by atoms with Gasteiger partial charge >= 0.3 is 12.0 Å². The number of rotatable bonds is 7. The predicted octanol–water partition coefficient (Wildman–Crippen LogP) is 2.36. The number of urea groups is 1. The number of hydrogen-bond acceptors (Lipinski definition) is 6. The van der Waals surface area contributed by atoms with Gasteiger partial charge in [0.05, 0.1) is 10.5 Å². The molecule has 3 amide bonds. The number of imide groups is 1. The molecule has 1 aliphatic rings. The van der Waals surface area contributed by atoms with Crippen LogP contribution in [0, 0.1) is 25.7 Å². The van der Waals surface area contributed by atoms with Crippen LogP contribution in [0.1, 0.15) is 55.1 Å². The number of amides is 3. The lowest BCUT2D eigenvalue weighted by Crippen LogP contribution is -2.42. The van der Waals surface area contributed by atoms with E-state index in [1.54, 1.807) is 13.8 Å². The molecule has 9 nitrogen and oxygen atoms in total. The van der Waals surface area contributed by atoms with Gasteiger partial charge in [0.1, 0.15) is 0 Å². The third-order valence-electron chi connectivity index (χ3n) is 5.47. The number of piperidine rings is 1. The van der Waals surface area contributed by atoms with Crippen molar-refractivity contribution in [3.05, 3.63) is 28.8 Å². The maximum atomic E-state index is 13.2. The van der Waals surface area contributed by atoms with Crippen LogP contribution in [0.25, 0.3) is 0 Å². The second-order valence-corrected chi connectivity index (χ2v) is 10.6. The van der Waals surface area contributed by atoms with Crippen LogP contribution in [0.15, 0.2) is 17.0 Å². The zero-order chi connectivity index (χ0) is 24.1. The van der Waals surface area contributed by atoms with Gasteiger partial charge in [-0.3, -0.25) is 10.1 Å². The zero-order valence-electron chi connectivity index (χ0n) is 19.4. The third-order valence-corrected chi connectivity index (χ3v) is 7.50. The van der Waals surface area contributed by atoms with E-state index in [4.69, 9.17) is 4.74 Å². The standard InChI is InChI=1S/C22H33N3O6S/c1-14(2)12-23-22(28)24-20(26)13-31-21(27)18-10-16(4)17(5)19(11-18)32(29,30)25-8-6-15(3)7-9-25/h10-11,14-15H,6-9,12-13H2,1-5H3,(H2,23,24,26,28). The van der Waals surface area contributed by atoms with Gasteiger partial charge in [-0.25, -0.2) is 18.0 Å². The number of ether oxygens (including phenoxy) is 1. The first-order valence-corrected chi connectivity index (χ1v) is 12.2. The average molecular weight is 468 g/mol. The Bertz CT molecular complexity index is 966. The number of nitrogens with one attached hydrogen (secondary N) is 2. The summed E-state index contributed by atoms with van der Waals surface area (Å²) < 4.78 is 32.9. The number of sulfonamides is 1. The molecule has 1 saturated heterocycles. The van der Waals surface area contributed by atoms with Crippen molar-refractivity contribution in [1.29, 1.82) is 0 Å². The molecule has 0 atom stereocenters. The van der Waals surface area contributed by atoms with Crippen LogP contribution in [0.4, 0.5) is 4.79 Å². The fourth-order valence-electron chi connectivity index (χ4n) is 3.30. The lowest BCUT2D eigenvalue weighted by Gasteiger charge is -2.30. The Morgan fingerprint density at radius 1 is 1.16 bits per heavy atom. The predicted molar refractivity (Wildman–Crippen MR) is 120 cm³/mol. The largest absolute Gasteiger partial charge is 0.452 e. The summed E-state index contributed by atoms with van der Waals surface area (Å²) in [6.45, 7) is 9.96. The van der Waals surface area contributed by atoms with Crippen LogP contribution < -0.4 is 10.6 Å². The minimum atomic E-state index is -3.76. The fraction of sp³-hybridized carbons (Fsp3) is 0.591. The van der Waals surface area contributed by atoms with Crippen LogP contribution in [-0.4, -0.2) is 56.9 Å². The van der Waals surface area contributed by atoms with Crippen molar-refractivity contribution < 1.29 is 27.5 Å². The van der Waals surface area contributed by atoms with Crippen LogP contribution in [0.3, 0.4) is 0 Å². The zero-order valence-corrected chi connectivity index (χ0v) is 20.2. The summed E-state index contributed by atoms with van der Waals surface area (Å²) in [5, 5.41) is 4.60. The number of aryl methyl sites for hydroxylation is 1. The van der Waals surface area contributed by atoms with Gasteiger partial charge in [0, 0.05) is 19.6 Å². The normalized spacial score (nSPS) is 15.4. The van der Waals surface area contributed by atoms with Gasteiger partial charge in [-0.2, -0.15) is 4.31 Å². The summed E-state index contributed by atoms with van der Waals surface area (Å²) in [7, 11) is -3.76. The molecule has 10 heteroatoms. The molecule has 0 saturated carbocycles. The number of esters is 1. The summed E-state index contributed by atoms with van der Waals surface area (Å²) in [6, 6.07) is 2.16. The highest BCUT2D eigenvalue weighted by atomic mass is 32.2. The second kappa shape index (κ2) is 10.9. The minimum absolute atomic E-state index is 0.0362. The molecule has 0 unspecified atom stereocenters. The second-order valence-electron chi connectivity index (χ2n) is 8.73. The van der Waals surface area contributed by atoms with Gasteiger partial charge in [0.2, 0.25) is 10.0 Å². The number of carbonyl (C=O) groups is 3. The highest BCUT2D eigenvalue weighted by molar-refractivity contribution is 7.89. The first-order chi connectivity index (χ1) is 14.9. The molecule has 2 rings (SSSR count). The molecule has 0 aromatic heterocycles. The van der Waals surface area contributed by atoms with Gasteiger partial charge < -0.3 is 10.1 Å². The van der Waals surface area contributed by atoms with E-state index in [1.807, 2.05) is 13.8 Å². The van der Waals surface area contributed by atoms with E-state index in [9.17, 15) is 22.8 Å². The van der Waals surface area contributed by atoms with Crippen LogP contribution in [0.5, 0.6) is 0 Å². The average Bonchev–Trinajstić information content (AvgIpc) is 2.72. The van der Waals surface area contributed by atoms with E-state index in [0.29, 0.717) is 36.7 Å². The number of benzene rings is 1. The molecule has 0 spiro atoms. The summed E-state index contributed by atoms with van der Waals surface area (Å²) in [4.78, 5) is 36.1. The quantitative estimate of drug-likeness (QED) is 0.594. The molecular formula is C22H33N3O6S.